The Hall–Kier alpha value is -2.30. The van der Waals surface area contributed by atoms with Crippen molar-refractivity contribution in [1.29, 1.82) is 0 Å². The number of benzene rings is 1. The highest BCUT2D eigenvalue weighted by Gasteiger charge is 2.13. The summed E-state index contributed by atoms with van der Waals surface area (Å²) < 4.78 is 11.4. The van der Waals surface area contributed by atoms with Crippen molar-refractivity contribution in [1.82, 2.24) is 9.78 Å². The molecule has 0 saturated carbocycles. The molecule has 0 saturated heterocycles. The van der Waals surface area contributed by atoms with Gasteiger partial charge in [0.25, 0.3) is 0 Å². The average molecular weight is 246 g/mol. The number of methoxy groups -OCH3 is 2. The molecule has 5 nitrogen and oxygen atoms in total. The molecule has 0 aliphatic heterocycles. The highest BCUT2D eigenvalue weighted by atomic mass is 16.5. The van der Waals surface area contributed by atoms with Crippen LogP contribution in [0.1, 0.15) is 5.56 Å². The molecule has 2 aromatic rings. The maximum Gasteiger partial charge on any atom is 0.317 e. The molecule has 0 bridgehead atoms. The Kier molecular flexibility index (Phi) is 3.32. The first-order valence-corrected chi connectivity index (χ1v) is 5.44. The molecule has 0 fully saturated rings. The summed E-state index contributed by atoms with van der Waals surface area (Å²) in [5.41, 5.74) is 1.40. The van der Waals surface area contributed by atoms with E-state index in [1.165, 1.54) is 25.1 Å². The minimum Gasteiger partial charge on any atom is -0.491 e. The summed E-state index contributed by atoms with van der Waals surface area (Å²) in [6.07, 6.45) is 1.46. The van der Waals surface area contributed by atoms with Crippen LogP contribution >= 0.6 is 0 Å². The van der Waals surface area contributed by atoms with Gasteiger partial charge in [-0.25, -0.2) is 0 Å². The van der Waals surface area contributed by atoms with Gasteiger partial charge in [0.15, 0.2) is 5.75 Å². The third-order valence-electron chi connectivity index (χ3n) is 2.57. The number of hydrogen-bond donors (Lipinski definition) is 0. The van der Waals surface area contributed by atoms with Crippen LogP contribution < -0.4 is 15.0 Å². The van der Waals surface area contributed by atoms with E-state index in [0.717, 1.165) is 5.56 Å². The van der Waals surface area contributed by atoms with Gasteiger partial charge < -0.3 is 9.47 Å². The minimum absolute atomic E-state index is 0.147. The van der Waals surface area contributed by atoms with Crippen molar-refractivity contribution >= 4 is 0 Å². The Morgan fingerprint density at radius 3 is 2.61 bits per heavy atom. The van der Waals surface area contributed by atoms with E-state index in [1.54, 1.807) is 0 Å². The Bertz CT molecular complexity index is 620. The lowest BCUT2D eigenvalue weighted by molar-refractivity contribution is 0.344. The van der Waals surface area contributed by atoms with Crippen molar-refractivity contribution in [3.05, 3.63) is 46.4 Å². The number of ether oxygens (including phenoxy) is 2. The van der Waals surface area contributed by atoms with Gasteiger partial charge in [0.1, 0.15) is 0 Å². The van der Waals surface area contributed by atoms with E-state index >= 15 is 0 Å². The molecule has 0 atom stereocenters. The normalized spacial score (nSPS) is 10.2. The third kappa shape index (κ3) is 2.07. The summed E-state index contributed by atoms with van der Waals surface area (Å²) in [6, 6.07) is 7.51. The van der Waals surface area contributed by atoms with Crippen LogP contribution in [0.5, 0.6) is 11.5 Å². The molecule has 0 unspecified atom stereocenters. The number of aryl methyl sites for hydroxylation is 1. The first-order chi connectivity index (χ1) is 8.67. The topological polar surface area (TPSA) is 53.4 Å². The molecule has 0 spiro atoms. The van der Waals surface area contributed by atoms with Crippen molar-refractivity contribution in [2.24, 2.45) is 0 Å². The number of rotatable bonds is 3. The molecule has 0 aliphatic rings. The first kappa shape index (κ1) is 12.2. The highest BCUT2D eigenvalue weighted by molar-refractivity contribution is 5.40. The smallest absolute Gasteiger partial charge is 0.317 e. The van der Waals surface area contributed by atoms with Crippen LogP contribution in [0.15, 0.2) is 35.3 Å². The molecule has 94 valence electrons. The van der Waals surface area contributed by atoms with Gasteiger partial charge in [0, 0.05) is 0 Å². The summed E-state index contributed by atoms with van der Waals surface area (Å²) in [5, 5.41) is 4.07. The van der Waals surface area contributed by atoms with Gasteiger partial charge in [-0.1, -0.05) is 12.1 Å². The fraction of sp³-hybridized carbons (Fsp3) is 0.231. The van der Waals surface area contributed by atoms with Gasteiger partial charge in [-0.15, -0.1) is 0 Å². The van der Waals surface area contributed by atoms with E-state index in [0.29, 0.717) is 11.4 Å². The summed E-state index contributed by atoms with van der Waals surface area (Å²) in [7, 11) is 2.90. The van der Waals surface area contributed by atoms with E-state index in [1.807, 2.05) is 31.2 Å². The quantitative estimate of drug-likeness (QED) is 0.824. The zero-order valence-corrected chi connectivity index (χ0v) is 10.5. The van der Waals surface area contributed by atoms with Crippen LogP contribution in [0.4, 0.5) is 0 Å². The Morgan fingerprint density at radius 2 is 2.00 bits per heavy atom. The summed E-state index contributed by atoms with van der Waals surface area (Å²) in [5.74, 6) is 0.473. The van der Waals surface area contributed by atoms with Gasteiger partial charge in [-0.2, -0.15) is 9.78 Å². The molecule has 2 rings (SSSR count). The molecule has 0 aliphatic carbocycles. The van der Waals surface area contributed by atoms with Crippen molar-refractivity contribution in [2.45, 2.75) is 6.92 Å². The fourth-order valence-corrected chi connectivity index (χ4v) is 1.70. The minimum atomic E-state index is -0.345. The van der Waals surface area contributed by atoms with Crippen LogP contribution in [-0.2, 0) is 0 Å². The SMILES string of the molecule is COc1cnn(-c2cccc(C)c2)c(=O)c1OC. The van der Waals surface area contributed by atoms with E-state index in [9.17, 15) is 4.79 Å². The van der Waals surface area contributed by atoms with Crippen molar-refractivity contribution in [3.8, 4) is 17.2 Å². The van der Waals surface area contributed by atoms with Crippen LogP contribution in [0.25, 0.3) is 5.69 Å². The maximum absolute atomic E-state index is 12.2. The molecule has 18 heavy (non-hydrogen) atoms. The molecule has 1 aromatic carbocycles. The van der Waals surface area contributed by atoms with E-state index in [4.69, 9.17) is 9.47 Å². The molecule has 0 radical (unpaired) electrons. The Labute approximate surface area is 105 Å². The van der Waals surface area contributed by atoms with Gasteiger partial charge in [0.2, 0.25) is 5.75 Å². The zero-order chi connectivity index (χ0) is 13.1. The Morgan fingerprint density at radius 1 is 1.22 bits per heavy atom. The van der Waals surface area contributed by atoms with Gasteiger partial charge in [0.05, 0.1) is 26.1 Å². The van der Waals surface area contributed by atoms with Crippen molar-refractivity contribution in [3.63, 3.8) is 0 Å². The second-order valence-corrected chi connectivity index (χ2v) is 3.80. The largest absolute Gasteiger partial charge is 0.491 e. The maximum atomic E-state index is 12.2. The van der Waals surface area contributed by atoms with Crippen LogP contribution in [-0.4, -0.2) is 24.0 Å². The fourth-order valence-electron chi connectivity index (χ4n) is 1.70. The molecule has 0 N–H and O–H groups in total. The first-order valence-electron chi connectivity index (χ1n) is 5.44. The lowest BCUT2D eigenvalue weighted by Gasteiger charge is -2.10. The number of aromatic nitrogens is 2. The predicted octanol–water partition coefficient (Wildman–Crippen LogP) is 1.56. The molecular weight excluding hydrogens is 232 g/mol. The Balaban J connectivity index is 2.63. The van der Waals surface area contributed by atoms with Crippen molar-refractivity contribution < 1.29 is 9.47 Å². The average Bonchev–Trinajstić information content (AvgIpc) is 2.38. The highest BCUT2D eigenvalue weighted by Crippen LogP contribution is 2.20. The standard InChI is InChI=1S/C13H14N2O3/c1-9-5-4-6-10(7-9)15-13(16)12(18-3)11(17-2)8-14-15/h4-8H,1-3H3. The summed E-state index contributed by atoms with van der Waals surface area (Å²) in [6.45, 7) is 1.95. The third-order valence-corrected chi connectivity index (χ3v) is 2.57. The van der Waals surface area contributed by atoms with E-state index in [2.05, 4.69) is 5.10 Å². The van der Waals surface area contributed by atoms with Gasteiger partial charge in [-0.05, 0) is 24.6 Å². The van der Waals surface area contributed by atoms with E-state index < -0.39 is 0 Å². The molecule has 0 amide bonds. The zero-order valence-electron chi connectivity index (χ0n) is 10.5. The van der Waals surface area contributed by atoms with Crippen LogP contribution in [0.2, 0.25) is 0 Å². The second-order valence-electron chi connectivity index (χ2n) is 3.80. The van der Waals surface area contributed by atoms with E-state index in [-0.39, 0.29) is 11.3 Å². The lowest BCUT2D eigenvalue weighted by atomic mass is 10.2. The van der Waals surface area contributed by atoms with Gasteiger partial charge >= 0.3 is 5.56 Å². The molecular formula is C13H14N2O3. The van der Waals surface area contributed by atoms with Crippen LogP contribution in [0, 0.1) is 6.92 Å². The monoisotopic (exact) mass is 246 g/mol. The summed E-state index contributed by atoms with van der Waals surface area (Å²) in [4.78, 5) is 12.2. The second kappa shape index (κ2) is 4.91. The summed E-state index contributed by atoms with van der Waals surface area (Å²) >= 11 is 0. The molecule has 1 heterocycles. The van der Waals surface area contributed by atoms with Gasteiger partial charge in [-0.3, -0.25) is 4.79 Å². The van der Waals surface area contributed by atoms with Crippen LogP contribution in [0.3, 0.4) is 0 Å². The number of hydrogen-bond acceptors (Lipinski definition) is 4. The molecule has 1 aromatic heterocycles. The number of nitrogens with zero attached hydrogens (tertiary/aromatic N) is 2. The predicted molar refractivity (Wildman–Crippen MR) is 67.7 cm³/mol. The van der Waals surface area contributed by atoms with Crippen molar-refractivity contribution in [2.75, 3.05) is 14.2 Å². The molecule has 5 heteroatoms. The lowest BCUT2D eigenvalue weighted by Crippen LogP contribution is -2.22.